The molecule has 8 heteroatoms. The monoisotopic (exact) mass is 355 g/mol. The van der Waals surface area contributed by atoms with Gasteiger partial charge < -0.3 is 25.0 Å². The lowest BCUT2D eigenvalue weighted by molar-refractivity contribution is -0.128. The third kappa shape index (κ3) is 3.42. The lowest BCUT2D eigenvalue weighted by Crippen LogP contribution is -2.43. The molecular formula is C16H22ClN3O4. The summed E-state index contributed by atoms with van der Waals surface area (Å²) in [4.78, 5) is 26.8. The van der Waals surface area contributed by atoms with Gasteiger partial charge in [-0.05, 0) is 18.6 Å². The lowest BCUT2D eigenvalue weighted by atomic mass is 10.2. The molecule has 2 amide bonds. The van der Waals surface area contributed by atoms with Crippen LogP contribution in [-0.4, -0.2) is 56.1 Å². The Kier molecular flexibility index (Phi) is 5.56. The van der Waals surface area contributed by atoms with Crippen molar-refractivity contribution in [2.24, 2.45) is 5.73 Å². The van der Waals surface area contributed by atoms with Crippen LogP contribution in [0.5, 0.6) is 11.5 Å². The first-order valence-electron chi connectivity index (χ1n) is 7.66. The fourth-order valence-electron chi connectivity index (χ4n) is 2.84. The highest BCUT2D eigenvalue weighted by molar-refractivity contribution is 5.98. The minimum atomic E-state index is -0.671. The normalized spacial score (nSPS) is 23.3. The number of carbonyl (C=O) groups excluding carboxylic acids is 2. The first-order valence-corrected chi connectivity index (χ1v) is 7.66. The second kappa shape index (κ2) is 7.27. The Hall–Kier alpha value is -1.99. The molecule has 0 aromatic heterocycles. The molecule has 0 aliphatic carbocycles. The number of nitrogens with two attached hydrogens (primary N) is 1. The van der Waals surface area contributed by atoms with Gasteiger partial charge in [-0.1, -0.05) is 0 Å². The van der Waals surface area contributed by atoms with Crippen LogP contribution in [0.25, 0.3) is 0 Å². The third-order valence-corrected chi connectivity index (χ3v) is 4.43. The zero-order valence-electron chi connectivity index (χ0n) is 13.7. The average Bonchev–Trinajstić information content (AvgIpc) is 2.83. The fourth-order valence-corrected chi connectivity index (χ4v) is 2.84. The molecule has 7 nitrogen and oxygen atoms in total. The molecule has 2 N–H and O–H groups in total. The van der Waals surface area contributed by atoms with E-state index in [2.05, 4.69) is 0 Å². The van der Waals surface area contributed by atoms with Gasteiger partial charge in [-0.25, -0.2) is 0 Å². The predicted octanol–water partition coefficient (Wildman–Crippen LogP) is 0.790. The Bertz CT molecular complexity index is 640. The topological polar surface area (TPSA) is 85.1 Å². The van der Waals surface area contributed by atoms with Crippen molar-refractivity contribution >= 4 is 29.9 Å². The van der Waals surface area contributed by atoms with Crippen molar-refractivity contribution in [1.82, 2.24) is 4.90 Å². The summed E-state index contributed by atoms with van der Waals surface area (Å²) in [6, 6.07) is 4.75. The van der Waals surface area contributed by atoms with Crippen molar-refractivity contribution in [3.05, 3.63) is 18.2 Å². The molecule has 1 fully saturated rings. The van der Waals surface area contributed by atoms with Crippen LogP contribution in [0.15, 0.2) is 18.2 Å². The number of hydrogen-bond donors (Lipinski definition) is 1. The van der Waals surface area contributed by atoms with Crippen LogP contribution in [-0.2, 0) is 9.59 Å². The summed E-state index contributed by atoms with van der Waals surface area (Å²) in [7, 11) is 3.46. The molecule has 1 aromatic carbocycles. The number of halogens is 1. The molecular weight excluding hydrogens is 334 g/mol. The van der Waals surface area contributed by atoms with Gasteiger partial charge in [0.15, 0.2) is 0 Å². The Morgan fingerprint density at radius 3 is 2.75 bits per heavy atom. The van der Waals surface area contributed by atoms with Crippen LogP contribution in [0.3, 0.4) is 0 Å². The Morgan fingerprint density at radius 2 is 2.08 bits per heavy atom. The minimum absolute atomic E-state index is 0. The zero-order chi connectivity index (χ0) is 16.6. The molecule has 3 rings (SSSR count). The van der Waals surface area contributed by atoms with Gasteiger partial charge in [-0.3, -0.25) is 9.59 Å². The van der Waals surface area contributed by atoms with Crippen molar-refractivity contribution < 1.29 is 19.1 Å². The zero-order valence-corrected chi connectivity index (χ0v) is 14.5. The van der Waals surface area contributed by atoms with Crippen molar-refractivity contribution in [1.29, 1.82) is 0 Å². The second-order valence-electron chi connectivity index (χ2n) is 5.95. The second-order valence-corrected chi connectivity index (χ2v) is 5.95. The van der Waals surface area contributed by atoms with Gasteiger partial charge in [0.25, 0.3) is 0 Å². The molecule has 1 aromatic rings. The van der Waals surface area contributed by atoms with E-state index in [-0.39, 0.29) is 36.9 Å². The van der Waals surface area contributed by atoms with E-state index in [0.29, 0.717) is 30.2 Å². The van der Waals surface area contributed by atoms with Gasteiger partial charge in [0, 0.05) is 26.6 Å². The van der Waals surface area contributed by atoms with Gasteiger partial charge in [-0.2, -0.15) is 0 Å². The van der Waals surface area contributed by atoms with Crippen LogP contribution in [0.1, 0.15) is 12.8 Å². The standard InChI is InChI=1S/C16H21N3O4.ClH/c1-18-10(3-6-15(18)20)8-22-11-4-5-14-13(7-11)19(2)16(21)12(17)9-23-14;/h4-5,7,10,12H,3,6,8-9,17H2,1-2H3;1H/t10-,12+;/m1./s1. The number of ether oxygens (including phenoxy) is 2. The fraction of sp³-hybridized carbons (Fsp3) is 0.500. The van der Waals surface area contributed by atoms with E-state index in [0.717, 1.165) is 6.42 Å². The molecule has 0 radical (unpaired) electrons. The Balaban J connectivity index is 0.00000208. The van der Waals surface area contributed by atoms with Crippen LogP contribution in [0, 0.1) is 0 Å². The minimum Gasteiger partial charge on any atom is -0.491 e. The van der Waals surface area contributed by atoms with Crippen molar-refractivity contribution in [3.8, 4) is 11.5 Å². The average molecular weight is 356 g/mol. The highest BCUT2D eigenvalue weighted by Crippen LogP contribution is 2.34. The number of likely N-dealkylation sites (tertiary alicyclic amines) is 1. The molecule has 2 aliphatic heterocycles. The van der Waals surface area contributed by atoms with E-state index >= 15 is 0 Å². The highest BCUT2D eigenvalue weighted by Gasteiger charge is 2.29. The van der Waals surface area contributed by atoms with E-state index in [9.17, 15) is 9.59 Å². The van der Waals surface area contributed by atoms with E-state index in [1.807, 2.05) is 0 Å². The Labute approximate surface area is 147 Å². The molecule has 0 saturated carbocycles. The van der Waals surface area contributed by atoms with Crippen molar-refractivity contribution in [2.45, 2.75) is 24.9 Å². The van der Waals surface area contributed by atoms with Crippen LogP contribution in [0.4, 0.5) is 5.69 Å². The summed E-state index contributed by atoms with van der Waals surface area (Å²) >= 11 is 0. The number of benzene rings is 1. The van der Waals surface area contributed by atoms with Crippen molar-refractivity contribution in [2.75, 3.05) is 32.2 Å². The van der Waals surface area contributed by atoms with Gasteiger partial charge in [0.1, 0.15) is 30.8 Å². The maximum Gasteiger partial charge on any atom is 0.247 e. The van der Waals surface area contributed by atoms with Crippen LogP contribution >= 0.6 is 12.4 Å². The summed E-state index contributed by atoms with van der Waals surface area (Å²) in [6.07, 6.45) is 1.37. The molecule has 0 spiro atoms. The number of likely N-dealkylation sites (N-methyl/N-ethyl adjacent to an activating group) is 2. The smallest absolute Gasteiger partial charge is 0.247 e. The number of hydrogen-bond acceptors (Lipinski definition) is 5. The molecule has 2 heterocycles. The van der Waals surface area contributed by atoms with E-state index in [1.54, 1.807) is 37.2 Å². The lowest BCUT2D eigenvalue weighted by Gasteiger charge is -2.21. The number of amides is 2. The quantitative estimate of drug-likeness (QED) is 0.866. The maximum atomic E-state index is 12.1. The highest BCUT2D eigenvalue weighted by atomic mass is 35.5. The molecule has 2 aliphatic rings. The summed E-state index contributed by atoms with van der Waals surface area (Å²) in [5.41, 5.74) is 6.41. The third-order valence-electron chi connectivity index (χ3n) is 4.43. The molecule has 1 saturated heterocycles. The molecule has 2 atom stereocenters. The summed E-state index contributed by atoms with van der Waals surface area (Å²) in [5.74, 6) is 1.19. The molecule has 0 bridgehead atoms. The number of carbonyl (C=O) groups is 2. The van der Waals surface area contributed by atoms with Gasteiger partial charge >= 0.3 is 0 Å². The van der Waals surface area contributed by atoms with Crippen molar-refractivity contribution in [3.63, 3.8) is 0 Å². The Morgan fingerprint density at radius 1 is 1.33 bits per heavy atom. The number of rotatable bonds is 3. The maximum absolute atomic E-state index is 12.1. The molecule has 0 unspecified atom stereocenters. The van der Waals surface area contributed by atoms with Gasteiger partial charge in [0.2, 0.25) is 11.8 Å². The van der Waals surface area contributed by atoms with Gasteiger partial charge in [-0.15, -0.1) is 12.4 Å². The largest absolute Gasteiger partial charge is 0.491 e. The summed E-state index contributed by atoms with van der Waals surface area (Å²) in [5, 5.41) is 0. The molecule has 24 heavy (non-hydrogen) atoms. The van der Waals surface area contributed by atoms with E-state index in [1.165, 1.54) is 4.90 Å². The SMILES string of the molecule is CN1C(=O)[C@@H](N)COc2ccc(OC[C@H]3CCC(=O)N3C)cc21.Cl. The van der Waals surface area contributed by atoms with Gasteiger partial charge in [0.05, 0.1) is 11.7 Å². The summed E-state index contributed by atoms with van der Waals surface area (Å²) < 4.78 is 11.4. The van der Waals surface area contributed by atoms with Crippen LogP contribution in [0.2, 0.25) is 0 Å². The van der Waals surface area contributed by atoms with E-state index in [4.69, 9.17) is 15.2 Å². The van der Waals surface area contributed by atoms with E-state index < -0.39 is 6.04 Å². The molecule has 132 valence electrons. The number of anilines is 1. The number of fused-ring (bicyclic) bond motifs is 1. The predicted molar refractivity (Wildman–Crippen MR) is 91.9 cm³/mol. The van der Waals surface area contributed by atoms with Crippen LogP contribution < -0.4 is 20.1 Å². The summed E-state index contributed by atoms with van der Waals surface area (Å²) in [6.45, 7) is 0.588. The number of nitrogens with zero attached hydrogens (tertiary/aromatic N) is 2. The first-order chi connectivity index (χ1) is 11.0. The first kappa shape index (κ1) is 18.4.